The minimum absolute atomic E-state index is 0.143. The van der Waals surface area contributed by atoms with Crippen molar-refractivity contribution in [3.05, 3.63) is 83.3 Å². The fourth-order valence-corrected chi connectivity index (χ4v) is 3.72. The van der Waals surface area contributed by atoms with Crippen LogP contribution in [0.2, 0.25) is 0 Å². The first-order valence-corrected chi connectivity index (χ1v) is 9.58. The van der Waals surface area contributed by atoms with Gasteiger partial charge in [-0.05, 0) is 54.5 Å². The summed E-state index contributed by atoms with van der Waals surface area (Å²) in [4.78, 5) is 14.9. The molecular weight excluding hydrogens is 339 g/mol. The lowest BCUT2D eigenvalue weighted by atomic mass is 9.88. The van der Waals surface area contributed by atoms with Crippen LogP contribution in [-0.4, -0.2) is 24.4 Å². The lowest BCUT2D eigenvalue weighted by Gasteiger charge is -2.38. The molecule has 4 heteroatoms. The van der Waals surface area contributed by atoms with Crippen LogP contribution in [0.5, 0.6) is 0 Å². The lowest BCUT2D eigenvalue weighted by Crippen LogP contribution is -2.40. The van der Waals surface area contributed by atoms with Crippen LogP contribution < -0.4 is 5.32 Å². The molecule has 3 rings (SSSR count). The van der Waals surface area contributed by atoms with Gasteiger partial charge in [0.05, 0.1) is 6.04 Å². The summed E-state index contributed by atoms with van der Waals surface area (Å²) in [6.45, 7) is 4.62. The summed E-state index contributed by atoms with van der Waals surface area (Å²) in [5.41, 5.74) is 4.37. The van der Waals surface area contributed by atoms with E-state index in [1.165, 1.54) is 17.7 Å². The fraction of sp³-hybridized carbons (Fsp3) is 0.348. The van der Waals surface area contributed by atoms with Gasteiger partial charge in [0.2, 0.25) is 5.91 Å². The molecule has 0 aliphatic carbocycles. The Labute approximate surface area is 160 Å². The summed E-state index contributed by atoms with van der Waals surface area (Å²) in [6.07, 6.45) is 4.05. The van der Waals surface area contributed by atoms with E-state index in [0.717, 1.165) is 42.5 Å². The third-order valence-electron chi connectivity index (χ3n) is 5.26. The SMILES string of the molecule is C=C(CCCCC(=O)N1CCc2ccccc2[C@@H]1c1ccc(F)cc1)NC. The Balaban J connectivity index is 1.77. The summed E-state index contributed by atoms with van der Waals surface area (Å²) in [6, 6.07) is 14.6. The summed E-state index contributed by atoms with van der Waals surface area (Å²) in [5, 5.41) is 3.04. The molecule has 0 spiro atoms. The van der Waals surface area contributed by atoms with Crippen LogP contribution in [0, 0.1) is 5.82 Å². The van der Waals surface area contributed by atoms with Crippen molar-refractivity contribution in [2.75, 3.05) is 13.6 Å². The quantitative estimate of drug-likeness (QED) is 0.727. The van der Waals surface area contributed by atoms with E-state index >= 15 is 0 Å². The van der Waals surface area contributed by atoms with Crippen LogP contribution in [-0.2, 0) is 11.2 Å². The number of fused-ring (bicyclic) bond motifs is 1. The number of benzene rings is 2. The van der Waals surface area contributed by atoms with E-state index < -0.39 is 0 Å². The van der Waals surface area contributed by atoms with Crippen LogP contribution in [0.15, 0.2) is 60.8 Å². The largest absolute Gasteiger partial charge is 0.392 e. The van der Waals surface area contributed by atoms with Gasteiger partial charge in [-0.25, -0.2) is 4.39 Å². The highest BCUT2D eigenvalue weighted by molar-refractivity contribution is 5.77. The molecule has 1 aliphatic heterocycles. The molecule has 1 atom stereocenters. The van der Waals surface area contributed by atoms with Crippen molar-refractivity contribution in [2.24, 2.45) is 0 Å². The Morgan fingerprint density at radius 1 is 1.15 bits per heavy atom. The van der Waals surface area contributed by atoms with Crippen molar-refractivity contribution in [2.45, 2.75) is 38.1 Å². The molecule has 0 aromatic heterocycles. The maximum Gasteiger partial charge on any atom is 0.223 e. The van der Waals surface area contributed by atoms with Crippen molar-refractivity contribution < 1.29 is 9.18 Å². The Kier molecular flexibility index (Phi) is 6.28. The zero-order valence-electron chi connectivity index (χ0n) is 15.9. The number of hydrogen-bond acceptors (Lipinski definition) is 2. The Bertz CT molecular complexity index is 800. The van der Waals surface area contributed by atoms with E-state index in [0.29, 0.717) is 13.0 Å². The van der Waals surface area contributed by atoms with Gasteiger partial charge in [-0.3, -0.25) is 4.79 Å². The predicted molar refractivity (Wildman–Crippen MR) is 107 cm³/mol. The summed E-state index contributed by atoms with van der Waals surface area (Å²) < 4.78 is 13.4. The molecule has 0 saturated carbocycles. The van der Waals surface area contributed by atoms with Crippen molar-refractivity contribution >= 4 is 5.91 Å². The molecule has 0 bridgehead atoms. The topological polar surface area (TPSA) is 32.3 Å². The lowest BCUT2D eigenvalue weighted by molar-refractivity contribution is -0.133. The van der Waals surface area contributed by atoms with Crippen LogP contribution in [0.4, 0.5) is 4.39 Å². The highest BCUT2D eigenvalue weighted by Gasteiger charge is 2.31. The number of carbonyl (C=O) groups excluding carboxylic acids is 1. The van der Waals surface area contributed by atoms with Crippen molar-refractivity contribution in [1.82, 2.24) is 10.2 Å². The average molecular weight is 366 g/mol. The molecule has 3 nitrogen and oxygen atoms in total. The maximum absolute atomic E-state index is 13.4. The molecule has 0 fully saturated rings. The van der Waals surface area contributed by atoms with Gasteiger partial charge in [0.25, 0.3) is 0 Å². The minimum Gasteiger partial charge on any atom is -0.392 e. The second-order valence-electron chi connectivity index (χ2n) is 7.05. The Hall–Kier alpha value is -2.62. The number of nitrogens with one attached hydrogen (secondary N) is 1. The number of halogens is 1. The monoisotopic (exact) mass is 366 g/mol. The fourth-order valence-electron chi connectivity index (χ4n) is 3.72. The Morgan fingerprint density at radius 2 is 1.85 bits per heavy atom. The molecule has 1 aliphatic rings. The van der Waals surface area contributed by atoms with Crippen molar-refractivity contribution in [1.29, 1.82) is 0 Å². The van der Waals surface area contributed by atoms with Crippen LogP contribution in [0.1, 0.15) is 48.4 Å². The molecule has 27 heavy (non-hydrogen) atoms. The standard InChI is InChI=1S/C23H27FN2O/c1-17(25-2)7-3-6-10-22(27)26-16-15-18-8-4-5-9-21(18)23(26)19-11-13-20(24)14-12-19/h4-5,8-9,11-14,23,25H,1,3,6-7,10,15-16H2,2H3/t23-/m0/s1. The third-order valence-corrected chi connectivity index (χ3v) is 5.26. The molecular formula is C23H27FN2O. The van der Waals surface area contributed by atoms with E-state index in [-0.39, 0.29) is 17.8 Å². The number of rotatable bonds is 7. The molecule has 0 radical (unpaired) electrons. The number of carbonyl (C=O) groups is 1. The molecule has 1 heterocycles. The third kappa shape index (κ3) is 4.57. The molecule has 142 valence electrons. The second-order valence-corrected chi connectivity index (χ2v) is 7.05. The number of allylic oxidation sites excluding steroid dienone is 1. The summed E-state index contributed by atoms with van der Waals surface area (Å²) in [7, 11) is 1.87. The van der Waals surface area contributed by atoms with E-state index in [4.69, 9.17) is 0 Å². The van der Waals surface area contributed by atoms with E-state index in [2.05, 4.69) is 24.0 Å². The highest BCUT2D eigenvalue weighted by Crippen LogP contribution is 2.35. The molecule has 0 unspecified atom stereocenters. The average Bonchev–Trinajstić information content (AvgIpc) is 2.70. The summed E-state index contributed by atoms with van der Waals surface area (Å²) >= 11 is 0. The molecule has 0 saturated heterocycles. The second kappa shape index (κ2) is 8.85. The highest BCUT2D eigenvalue weighted by atomic mass is 19.1. The smallest absolute Gasteiger partial charge is 0.223 e. The molecule has 2 aromatic carbocycles. The summed E-state index contributed by atoms with van der Waals surface area (Å²) in [5.74, 6) is -0.0978. The van der Waals surface area contributed by atoms with E-state index in [9.17, 15) is 9.18 Å². The predicted octanol–water partition coefficient (Wildman–Crippen LogP) is 4.59. The number of hydrogen-bond donors (Lipinski definition) is 1. The van der Waals surface area contributed by atoms with E-state index in [1.54, 1.807) is 12.1 Å². The van der Waals surface area contributed by atoms with Gasteiger partial charge in [-0.15, -0.1) is 0 Å². The maximum atomic E-state index is 13.4. The van der Waals surface area contributed by atoms with Gasteiger partial charge in [0.15, 0.2) is 0 Å². The first-order chi connectivity index (χ1) is 13.1. The van der Waals surface area contributed by atoms with Crippen LogP contribution in [0.3, 0.4) is 0 Å². The van der Waals surface area contributed by atoms with Gasteiger partial charge in [0, 0.05) is 25.7 Å². The number of amides is 1. The number of unbranched alkanes of at least 4 members (excludes halogenated alkanes) is 1. The molecule has 2 aromatic rings. The van der Waals surface area contributed by atoms with Gasteiger partial charge in [-0.2, -0.15) is 0 Å². The van der Waals surface area contributed by atoms with Gasteiger partial charge in [0.1, 0.15) is 5.82 Å². The first kappa shape index (κ1) is 19.2. The Morgan fingerprint density at radius 3 is 2.59 bits per heavy atom. The van der Waals surface area contributed by atoms with Crippen LogP contribution >= 0.6 is 0 Å². The normalized spacial score (nSPS) is 15.9. The zero-order chi connectivity index (χ0) is 19.2. The van der Waals surface area contributed by atoms with Crippen LogP contribution in [0.25, 0.3) is 0 Å². The minimum atomic E-state index is -0.259. The van der Waals surface area contributed by atoms with Crippen molar-refractivity contribution in [3.8, 4) is 0 Å². The first-order valence-electron chi connectivity index (χ1n) is 9.58. The van der Waals surface area contributed by atoms with Gasteiger partial charge in [-0.1, -0.05) is 43.0 Å². The van der Waals surface area contributed by atoms with Gasteiger partial charge >= 0.3 is 0 Å². The van der Waals surface area contributed by atoms with Gasteiger partial charge < -0.3 is 10.2 Å². The van der Waals surface area contributed by atoms with Crippen molar-refractivity contribution in [3.63, 3.8) is 0 Å². The number of nitrogens with zero attached hydrogens (tertiary/aromatic N) is 1. The zero-order valence-corrected chi connectivity index (χ0v) is 15.9. The van der Waals surface area contributed by atoms with E-state index in [1.807, 2.05) is 24.1 Å². The molecule has 1 N–H and O–H groups in total. The molecule has 1 amide bonds.